The lowest BCUT2D eigenvalue weighted by Crippen LogP contribution is -2.13. The van der Waals surface area contributed by atoms with E-state index in [4.69, 9.17) is 5.73 Å². The normalized spacial score (nSPS) is 10.8. The number of thiophene rings is 1. The van der Waals surface area contributed by atoms with Crippen LogP contribution in [0.1, 0.15) is 15.9 Å². The number of benzene rings is 2. The Morgan fingerprint density at radius 2 is 2.04 bits per heavy atom. The third-order valence-corrected chi connectivity index (χ3v) is 4.94. The van der Waals surface area contributed by atoms with Crippen LogP contribution in [0.3, 0.4) is 0 Å². The minimum Gasteiger partial charge on any atom is -0.366 e. The standard InChI is InChI=1S/C20H16N4O2S/c21-20(26)14-4-5-17-16(10-14)19(24-23-17)13-2-1-3-15(9-13)22-18(25)8-12-6-7-27-11-12/h1-7,9-11H,8H2,(H2,21,26)(H,22,25)(H,23,24). The summed E-state index contributed by atoms with van der Waals surface area (Å²) in [6.45, 7) is 0. The summed E-state index contributed by atoms with van der Waals surface area (Å²) in [5, 5.41) is 14.9. The van der Waals surface area contributed by atoms with Crippen molar-refractivity contribution >= 4 is 39.7 Å². The second kappa shape index (κ2) is 7.05. The van der Waals surface area contributed by atoms with Gasteiger partial charge in [0.25, 0.3) is 0 Å². The largest absolute Gasteiger partial charge is 0.366 e. The highest BCUT2D eigenvalue weighted by Crippen LogP contribution is 2.28. The molecule has 134 valence electrons. The van der Waals surface area contributed by atoms with E-state index in [2.05, 4.69) is 15.5 Å². The molecule has 0 aliphatic heterocycles. The van der Waals surface area contributed by atoms with Gasteiger partial charge in [0.15, 0.2) is 0 Å². The van der Waals surface area contributed by atoms with Crippen LogP contribution in [0.4, 0.5) is 5.69 Å². The predicted octanol–water partition coefficient (Wildman–Crippen LogP) is 3.57. The molecule has 0 fully saturated rings. The second-order valence-corrected chi connectivity index (χ2v) is 6.91. The summed E-state index contributed by atoms with van der Waals surface area (Å²) in [4.78, 5) is 23.7. The Morgan fingerprint density at radius 1 is 1.15 bits per heavy atom. The van der Waals surface area contributed by atoms with E-state index in [1.54, 1.807) is 29.5 Å². The third-order valence-electron chi connectivity index (χ3n) is 4.21. The van der Waals surface area contributed by atoms with Gasteiger partial charge in [-0.1, -0.05) is 12.1 Å². The number of rotatable bonds is 5. The van der Waals surface area contributed by atoms with E-state index in [0.717, 1.165) is 22.0 Å². The highest BCUT2D eigenvalue weighted by atomic mass is 32.1. The Morgan fingerprint density at radius 3 is 2.81 bits per heavy atom. The van der Waals surface area contributed by atoms with Crippen LogP contribution < -0.4 is 11.1 Å². The smallest absolute Gasteiger partial charge is 0.248 e. The molecule has 0 unspecified atom stereocenters. The zero-order chi connectivity index (χ0) is 18.8. The number of carbonyl (C=O) groups is 2. The fraction of sp³-hybridized carbons (Fsp3) is 0.0500. The van der Waals surface area contributed by atoms with Crippen molar-refractivity contribution in [3.05, 3.63) is 70.4 Å². The Hall–Kier alpha value is -3.45. The van der Waals surface area contributed by atoms with Crippen LogP contribution in [-0.2, 0) is 11.2 Å². The number of fused-ring (bicyclic) bond motifs is 1. The van der Waals surface area contributed by atoms with Crippen molar-refractivity contribution in [2.45, 2.75) is 6.42 Å². The molecule has 0 radical (unpaired) electrons. The third kappa shape index (κ3) is 3.58. The minimum absolute atomic E-state index is 0.0755. The maximum Gasteiger partial charge on any atom is 0.248 e. The average Bonchev–Trinajstić information content (AvgIpc) is 3.30. The van der Waals surface area contributed by atoms with Crippen molar-refractivity contribution in [1.82, 2.24) is 10.2 Å². The van der Waals surface area contributed by atoms with Crippen molar-refractivity contribution in [1.29, 1.82) is 0 Å². The Kier molecular flexibility index (Phi) is 4.43. The maximum atomic E-state index is 12.2. The molecule has 4 aromatic rings. The summed E-state index contributed by atoms with van der Waals surface area (Å²) < 4.78 is 0. The molecule has 0 spiro atoms. The van der Waals surface area contributed by atoms with Crippen molar-refractivity contribution in [2.75, 3.05) is 5.32 Å². The van der Waals surface area contributed by atoms with E-state index >= 15 is 0 Å². The lowest BCUT2D eigenvalue weighted by atomic mass is 10.0. The van der Waals surface area contributed by atoms with E-state index in [-0.39, 0.29) is 5.91 Å². The van der Waals surface area contributed by atoms with Crippen LogP contribution in [0.5, 0.6) is 0 Å². The highest BCUT2D eigenvalue weighted by Gasteiger charge is 2.12. The van der Waals surface area contributed by atoms with Gasteiger partial charge in [0, 0.05) is 22.2 Å². The number of hydrogen-bond donors (Lipinski definition) is 3. The Bertz CT molecular complexity index is 1130. The lowest BCUT2D eigenvalue weighted by Gasteiger charge is -2.06. The molecule has 0 atom stereocenters. The molecule has 2 heterocycles. The Labute approximate surface area is 159 Å². The van der Waals surface area contributed by atoms with Gasteiger partial charge >= 0.3 is 0 Å². The van der Waals surface area contributed by atoms with Gasteiger partial charge in [-0.15, -0.1) is 0 Å². The first-order valence-electron chi connectivity index (χ1n) is 8.29. The van der Waals surface area contributed by atoms with Crippen LogP contribution in [0.15, 0.2) is 59.3 Å². The summed E-state index contributed by atoms with van der Waals surface area (Å²) in [5.41, 5.74) is 9.82. The molecule has 0 bridgehead atoms. The molecule has 2 aromatic carbocycles. The molecular weight excluding hydrogens is 360 g/mol. The molecule has 4 N–H and O–H groups in total. The highest BCUT2D eigenvalue weighted by molar-refractivity contribution is 7.08. The predicted molar refractivity (Wildman–Crippen MR) is 107 cm³/mol. The summed E-state index contributed by atoms with van der Waals surface area (Å²) in [5.74, 6) is -0.563. The molecule has 0 saturated heterocycles. The number of nitrogens with one attached hydrogen (secondary N) is 2. The number of aromatic amines is 1. The fourth-order valence-corrected chi connectivity index (χ4v) is 3.58. The van der Waals surface area contributed by atoms with Crippen LogP contribution >= 0.6 is 11.3 Å². The molecule has 6 nitrogen and oxygen atoms in total. The van der Waals surface area contributed by atoms with E-state index in [9.17, 15) is 9.59 Å². The summed E-state index contributed by atoms with van der Waals surface area (Å²) in [6, 6.07) is 14.5. The first-order valence-corrected chi connectivity index (χ1v) is 9.24. The molecular formula is C20H16N4O2S. The molecule has 0 aliphatic rings. The zero-order valence-electron chi connectivity index (χ0n) is 14.2. The second-order valence-electron chi connectivity index (χ2n) is 6.13. The monoisotopic (exact) mass is 376 g/mol. The summed E-state index contributed by atoms with van der Waals surface area (Å²) >= 11 is 1.57. The van der Waals surface area contributed by atoms with Gasteiger partial charge in [-0.3, -0.25) is 14.7 Å². The number of H-pyrrole nitrogens is 1. The van der Waals surface area contributed by atoms with Gasteiger partial charge in [-0.05, 0) is 52.7 Å². The van der Waals surface area contributed by atoms with Gasteiger partial charge in [-0.2, -0.15) is 16.4 Å². The van der Waals surface area contributed by atoms with Crippen molar-refractivity contribution < 1.29 is 9.59 Å². The van der Waals surface area contributed by atoms with Crippen molar-refractivity contribution in [2.24, 2.45) is 5.73 Å². The number of aromatic nitrogens is 2. The minimum atomic E-state index is -0.488. The number of hydrogen-bond acceptors (Lipinski definition) is 4. The van der Waals surface area contributed by atoms with E-state index < -0.39 is 5.91 Å². The van der Waals surface area contributed by atoms with E-state index in [1.165, 1.54) is 0 Å². The number of primary amides is 1. The van der Waals surface area contributed by atoms with Gasteiger partial charge in [-0.25, -0.2) is 0 Å². The van der Waals surface area contributed by atoms with Gasteiger partial charge < -0.3 is 11.1 Å². The van der Waals surface area contributed by atoms with Crippen LogP contribution in [-0.4, -0.2) is 22.0 Å². The van der Waals surface area contributed by atoms with Gasteiger partial charge in [0.2, 0.25) is 11.8 Å². The first kappa shape index (κ1) is 17.0. The van der Waals surface area contributed by atoms with E-state index in [1.807, 2.05) is 41.1 Å². The lowest BCUT2D eigenvalue weighted by molar-refractivity contribution is -0.115. The molecule has 4 rings (SSSR count). The Balaban J connectivity index is 1.62. The average molecular weight is 376 g/mol. The quantitative estimate of drug-likeness (QED) is 0.496. The molecule has 7 heteroatoms. The molecule has 2 amide bonds. The number of amides is 2. The van der Waals surface area contributed by atoms with Gasteiger partial charge in [0.1, 0.15) is 0 Å². The summed E-state index contributed by atoms with van der Waals surface area (Å²) in [7, 11) is 0. The van der Waals surface area contributed by atoms with Crippen LogP contribution in [0.2, 0.25) is 0 Å². The number of carbonyl (C=O) groups excluding carboxylic acids is 2. The van der Waals surface area contributed by atoms with Crippen molar-refractivity contribution in [3.8, 4) is 11.3 Å². The molecule has 0 aliphatic carbocycles. The fourth-order valence-electron chi connectivity index (χ4n) is 2.92. The molecule has 0 saturated carbocycles. The first-order chi connectivity index (χ1) is 13.1. The molecule has 27 heavy (non-hydrogen) atoms. The van der Waals surface area contributed by atoms with Crippen LogP contribution in [0, 0.1) is 0 Å². The van der Waals surface area contributed by atoms with Crippen molar-refractivity contribution in [3.63, 3.8) is 0 Å². The number of nitrogens with two attached hydrogens (primary N) is 1. The SMILES string of the molecule is NC(=O)c1ccc2[nH]nc(-c3cccc(NC(=O)Cc4ccsc4)c3)c2c1. The number of nitrogens with zero attached hydrogens (tertiary/aromatic N) is 1. The molecule has 2 aromatic heterocycles. The maximum absolute atomic E-state index is 12.2. The summed E-state index contributed by atoms with van der Waals surface area (Å²) in [6.07, 6.45) is 0.334. The van der Waals surface area contributed by atoms with E-state index in [0.29, 0.717) is 23.4 Å². The van der Waals surface area contributed by atoms with Gasteiger partial charge in [0.05, 0.1) is 17.6 Å². The van der Waals surface area contributed by atoms with Crippen LogP contribution in [0.25, 0.3) is 22.2 Å². The number of anilines is 1. The topological polar surface area (TPSA) is 101 Å². The zero-order valence-corrected chi connectivity index (χ0v) is 15.0.